The zero-order valence-corrected chi connectivity index (χ0v) is 16.2. The average molecular weight is 416 g/mol. The fourth-order valence-corrected chi connectivity index (χ4v) is 2.92. The van der Waals surface area contributed by atoms with Gasteiger partial charge < -0.3 is 14.5 Å². The first-order valence-corrected chi connectivity index (χ1v) is 9.43. The molecule has 0 fully saturated rings. The van der Waals surface area contributed by atoms with Gasteiger partial charge in [0.1, 0.15) is 5.82 Å². The molecule has 3 aromatic carbocycles. The Labute approximate surface area is 177 Å². The van der Waals surface area contributed by atoms with Crippen molar-refractivity contribution in [3.63, 3.8) is 0 Å². The molecular formula is C24H17FN2O4. The average Bonchev–Trinajstić information content (AvgIpc) is 3.30. The van der Waals surface area contributed by atoms with Crippen molar-refractivity contribution in [3.8, 4) is 22.8 Å². The summed E-state index contributed by atoms with van der Waals surface area (Å²) in [4.78, 5) is 28.9. The van der Waals surface area contributed by atoms with E-state index < -0.39 is 24.3 Å². The Morgan fingerprint density at radius 1 is 0.935 bits per heavy atom. The van der Waals surface area contributed by atoms with Gasteiger partial charge in [-0.1, -0.05) is 42.5 Å². The zero-order chi connectivity index (χ0) is 21.6. The Hall–Kier alpha value is -4.26. The van der Waals surface area contributed by atoms with Crippen LogP contribution in [-0.2, 0) is 9.53 Å². The van der Waals surface area contributed by atoms with Gasteiger partial charge in [-0.25, -0.2) is 14.2 Å². The molecule has 1 heterocycles. The van der Waals surface area contributed by atoms with Crippen LogP contribution in [-0.4, -0.2) is 23.5 Å². The largest absolute Gasteiger partial charge is 0.452 e. The lowest BCUT2D eigenvalue weighted by atomic mass is 10.1. The number of ether oxygens (including phenoxy) is 1. The molecule has 4 aromatic rings. The van der Waals surface area contributed by atoms with Crippen molar-refractivity contribution in [3.05, 3.63) is 96.4 Å². The van der Waals surface area contributed by atoms with E-state index in [1.54, 1.807) is 30.5 Å². The molecule has 7 heteroatoms. The third kappa shape index (κ3) is 4.84. The van der Waals surface area contributed by atoms with Crippen LogP contribution < -0.4 is 5.32 Å². The number of amides is 1. The minimum atomic E-state index is -0.690. The van der Waals surface area contributed by atoms with Gasteiger partial charge in [0.2, 0.25) is 5.89 Å². The molecule has 1 aromatic heterocycles. The van der Waals surface area contributed by atoms with E-state index in [0.717, 1.165) is 5.56 Å². The molecule has 1 N–H and O–H groups in total. The molecule has 154 valence electrons. The van der Waals surface area contributed by atoms with Gasteiger partial charge in [0.05, 0.1) is 17.3 Å². The maximum atomic E-state index is 12.9. The van der Waals surface area contributed by atoms with E-state index in [4.69, 9.17) is 9.15 Å². The maximum Gasteiger partial charge on any atom is 0.339 e. The summed E-state index contributed by atoms with van der Waals surface area (Å²) < 4.78 is 23.9. The van der Waals surface area contributed by atoms with E-state index in [2.05, 4.69) is 10.3 Å². The Morgan fingerprint density at radius 3 is 2.42 bits per heavy atom. The fraction of sp³-hybridized carbons (Fsp3) is 0.0417. The number of hydrogen-bond donors (Lipinski definition) is 1. The van der Waals surface area contributed by atoms with Gasteiger partial charge in [-0.05, 0) is 36.4 Å². The molecule has 4 rings (SSSR count). The van der Waals surface area contributed by atoms with Gasteiger partial charge in [0, 0.05) is 11.3 Å². The highest BCUT2D eigenvalue weighted by Crippen LogP contribution is 2.28. The predicted octanol–water partition coefficient (Wildman–Crippen LogP) is 4.94. The van der Waals surface area contributed by atoms with E-state index in [9.17, 15) is 14.0 Å². The summed E-state index contributed by atoms with van der Waals surface area (Å²) in [5, 5.41) is 2.53. The number of carbonyl (C=O) groups excluding carboxylic acids is 2. The van der Waals surface area contributed by atoms with E-state index >= 15 is 0 Å². The second-order valence-corrected chi connectivity index (χ2v) is 6.57. The molecule has 6 nitrogen and oxygen atoms in total. The van der Waals surface area contributed by atoms with Crippen LogP contribution in [0, 0.1) is 5.82 Å². The topological polar surface area (TPSA) is 81.4 Å². The summed E-state index contributed by atoms with van der Waals surface area (Å²) in [7, 11) is 0. The number of aromatic nitrogens is 1. The molecule has 31 heavy (non-hydrogen) atoms. The molecule has 0 spiro atoms. The third-order valence-corrected chi connectivity index (χ3v) is 4.40. The molecule has 0 saturated carbocycles. The monoisotopic (exact) mass is 416 g/mol. The van der Waals surface area contributed by atoms with Crippen molar-refractivity contribution in [2.45, 2.75) is 0 Å². The molecule has 0 unspecified atom stereocenters. The highest BCUT2D eigenvalue weighted by molar-refractivity contribution is 5.98. The molecular weight excluding hydrogens is 399 g/mol. The summed E-state index contributed by atoms with van der Waals surface area (Å²) >= 11 is 0. The number of oxazole rings is 1. The molecule has 0 saturated heterocycles. The van der Waals surface area contributed by atoms with Crippen LogP contribution in [0.2, 0.25) is 0 Å². The van der Waals surface area contributed by atoms with Gasteiger partial charge in [-0.15, -0.1) is 0 Å². The van der Waals surface area contributed by atoms with Gasteiger partial charge in [-0.3, -0.25) is 4.79 Å². The quantitative estimate of drug-likeness (QED) is 0.450. The first-order valence-electron chi connectivity index (χ1n) is 9.43. The van der Waals surface area contributed by atoms with Crippen molar-refractivity contribution in [1.82, 2.24) is 4.98 Å². The summed E-state index contributed by atoms with van der Waals surface area (Å²) in [6.07, 6.45) is 1.59. The molecule has 0 aliphatic heterocycles. The number of benzene rings is 3. The lowest BCUT2D eigenvalue weighted by Gasteiger charge is -2.08. The van der Waals surface area contributed by atoms with Gasteiger partial charge in [-0.2, -0.15) is 0 Å². The molecule has 0 aliphatic rings. The van der Waals surface area contributed by atoms with E-state index in [0.29, 0.717) is 17.0 Å². The van der Waals surface area contributed by atoms with Gasteiger partial charge in [0.25, 0.3) is 5.91 Å². The van der Waals surface area contributed by atoms with Crippen molar-refractivity contribution in [2.24, 2.45) is 0 Å². The van der Waals surface area contributed by atoms with Gasteiger partial charge in [0.15, 0.2) is 12.4 Å². The number of halogens is 1. The number of nitrogens with zero attached hydrogens (tertiary/aromatic N) is 1. The van der Waals surface area contributed by atoms with Crippen LogP contribution in [0.3, 0.4) is 0 Å². The molecule has 0 bridgehead atoms. The number of carbonyl (C=O) groups is 2. The van der Waals surface area contributed by atoms with Crippen molar-refractivity contribution in [2.75, 3.05) is 11.9 Å². The summed E-state index contributed by atoms with van der Waals surface area (Å²) in [5.74, 6) is -0.813. The summed E-state index contributed by atoms with van der Waals surface area (Å²) in [6, 6.07) is 21.4. The summed E-state index contributed by atoms with van der Waals surface area (Å²) in [5.41, 5.74) is 1.93. The van der Waals surface area contributed by atoms with E-state index in [1.807, 2.05) is 30.3 Å². The van der Waals surface area contributed by atoms with Crippen LogP contribution in [0.4, 0.5) is 10.1 Å². The van der Waals surface area contributed by atoms with Crippen LogP contribution in [0.5, 0.6) is 0 Å². The zero-order valence-electron chi connectivity index (χ0n) is 16.2. The SMILES string of the molecule is O=C(COC(=O)c1ccccc1-c1ncc(-c2ccccc2)o1)Nc1ccc(F)cc1. The van der Waals surface area contributed by atoms with Crippen LogP contribution >= 0.6 is 0 Å². The molecule has 0 radical (unpaired) electrons. The fourth-order valence-electron chi connectivity index (χ4n) is 2.92. The van der Waals surface area contributed by atoms with Gasteiger partial charge >= 0.3 is 5.97 Å². The highest BCUT2D eigenvalue weighted by Gasteiger charge is 2.19. The number of hydrogen-bond acceptors (Lipinski definition) is 5. The van der Waals surface area contributed by atoms with Crippen LogP contribution in [0.1, 0.15) is 10.4 Å². The van der Waals surface area contributed by atoms with E-state index in [1.165, 1.54) is 24.3 Å². The Balaban J connectivity index is 1.45. The molecule has 1 amide bonds. The van der Waals surface area contributed by atoms with Crippen molar-refractivity contribution < 1.29 is 23.1 Å². The normalized spacial score (nSPS) is 10.5. The second kappa shape index (κ2) is 9.04. The second-order valence-electron chi connectivity index (χ2n) is 6.57. The minimum Gasteiger partial charge on any atom is -0.452 e. The lowest BCUT2D eigenvalue weighted by molar-refractivity contribution is -0.119. The third-order valence-electron chi connectivity index (χ3n) is 4.40. The number of anilines is 1. The number of rotatable bonds is 6. The predicted molar refractivity (Wildman–Crippen MR) is 113 cm³/mol. The Bertz CT molecular complexity index is 1200. The molecule has 0 atom stereocenters. The smallest absolute Gasteiger partial charge is 0.339 e. The molecule has 0 aliphatic carbocycles. The first kappa shape index (κ1) is 20.0. The lowest BCUT2D eigenvalue weighted by Crippen LogP contribution is -2.21. The number of esters is 1. The first-order chi connectivity index (χ1) is 15.1. The minimum absolute atomic E-state index is 0.221. The van der Waals surface area contributed by atoms with E-state index in [-0.39, 0.29) is 11.5 Å². The van der Waals surface area contributed by atoms with Crippen LogP contribution in [0.25, 0.3) is 22.8 Å². The van der Waals surface area contributed by atoms with Crippen LogP contribution in [0.15, 0.2) is 89.5 Å². The van der Waals surface area contributed by atoms with Crippen molar-refractivity contribution >= 4 is 17.6 Å². The maximum absolute atomic E-state index is 12.9. The summed E-state index contributed by atoms with van der Waals surface area (Å²) in [6.45, 7) is -0.495. The standard InChI is InChI=1S/C24H17FN2O4/c25-17-10-12-18(13-11-17)27-22(28)15-30-24(29)20-9-5-4-8-19(20)23-26-14-21(31-23)16-6-2-1-3-7-16/h1-14H,15H2,(H,27,28). The highest BCUT2D eigenvalue weighted by atomic mass is 19.1. The number of nitrogens with one attached hydrogen (secondary N) is 1. The Morgan fingerprint density at radius 2 is 1.65 bits per heavy atom. The Kier molecular flexibility index (Phi) is 5.84. The van der Waals surface area contributed by atoms with Crippen molar-refractivity contribution in [1.29, 1.82) is 0 Å².